The molecular formula is C14H27ClN2O. The van der Waals surface area contributed by atoms with Crippen molar-refractivity contribution < 1.29 is 4.79 Å². The van der Waals surface area contributed by atoms with Gasteiger partial charge in [0.15, 0.2) is 0 Å². The summed E-state index contributed by atoms with van der Waals surface area (Å²) in [5.74, 6) is 0.951. The molecule has 1 aliphatic heterocycles. The molecule has 0 aromatic carbocycles. The zero-order valence-electron chi connectivity index (χ0n) is 11.4. The van der Waals surface area contributed by atoms with Crippen LogP contribution < -0.4 is 10.6 Å². The minimum atomic E-state index is 0. The molecule has 0 bridgehead atoms. The van der Waals surface area contributed by atoms with Crippen LogP contribution in [-0.2, 0) is 4.79 Å². The molecule has 4 heteroatoms. The highest BCUT2D eigenvalue weighted by molar-refractivity contribution is 5.85. The first kappa shape index (κ1) is 15.8. The van der Waals surface area contributed by atoms with Crippen LogP contribution in [0.2, 0.25) is 0 Å². The molecule has 2 fully saturated rings. The normalized spacial score (nSPS) is 26.4. The number of nitrogens with one attached hydrogen (secondary N) is 2. The maximum atomic E-state index is 11.9. The van der Waals surface area contributed by atoms with E-state index in [2.05, 4.69) is 17.6 Å². The first-order valence-corrected chi connectivity index (χ1v) is 7.28. The van der Waals surface area contributed by atoms with Crippen LogP contribution >= 0.6 is 12.4 Å². The van der Waals surface area contributed by atoms with E-state index in [1.807, 2.05) is 0 Å². The second-order valence-corrected chi connectivity index (χ2v) is 5.75. The minimum absolute atomic E-state index is 0. The van der Waals surface area contributed by atoms with Crippen molar-refractivity contribution in [2.24, 2.45) is 5.92 Å². The van der Waals surface area contributed by atoms with Crippen LogP contribution in [0.25, 0.3) is 0 Å². The zero-order valence-corrected chi connectivity index (χ0v) is 12.2. The Hall–Kier alpha value is -0.280. The third kappa shape index (κ3) is 4.77. The van der Waals surface area contributed by atoms with Gasteiger partial charge in [0.1, 0.15) is 0 Å². The molecule has 0 spiro atoms. The van der Waals surface area contributed by atoms with Crippen LogP contribution in [-0.4, -0.2) is 24.5 Å². The molecule has 3 nitrogen and oxygen atoms in total. The second kappa shape index (κ2) is 8.00. The molecule has 0 aromatic heterocycles. The monoisotopic (exact) mass is 274 g/mol. The van der Waals surface area contributed by atoms with Crippen molar-refractivity contribution in [1.82, 2.24) is 10.6 Å². The summed E-state index contributed by atoms with van der Waals surface area (Å²) >= 11 is 0. The first-order valence-electron chi connectivity index (χ1n) is 7.28. The van der Waals surface area contributed by atoms with Crippen LogP contribution in [0.1, 0.15) is 58.3 Å². The van der Waals surface area contributed by atoms with Crippen LogP contribution in [0.5, 0.6) is 0 Å². The summed E-state index contributed by atoms with van der Waals surface area (Å²) in [5.41, 5.74) is 0. The standard InChI is InChI=1S/C14H26N2O.ClH/c1-11(12-6-3-2-4-7-12)16-14(17)10-13-8-5-9-15-13;/h11-13,15H,2-10H2,1H3,(H,16,17);1H. The molecule has 0 aromatic rings. The highest BCUT2D eigenvalue weighted by atomic mass is 35.5. The van der Waals surface area contributed by atoms with Crippen molar-refractivity contribution in [2.45, 2.75) is 70.4 Å². The Labute approximate surface area is 117 Å². The highest BCUT2D eigenvalue weighted by Crippen LogP contribution is 2.26. The Morgan fingerprint density at radius 1 is 1.22 bits per heavy atom. The molecule has 2 unspecified atom stereocenters. The Bertz CT molecular complexity index is 248. The molecule has 1 saturated heterocycles. The maximum absolute atomic E-state index is 11.9. The van der Waals surface area contributed by atoms with E-state index in [9.17, 15) is 4.79 Å². The lowest BCUT2D eigenvalue weighted by Gasteiger charge is -2.28. The van der Waals surface area contributed by atoms with E-state index < -0.39 is 0 Å². The van der Waals surface area contributed by atoms with E-state index in [-0.39, 0.29) is 18.3 Å². The fourth-order valence-electron chi connectivity index (χ4n) is 3.22. The molecule has 2 rings (SSSR count). The van der Waals surface area contributed by atoms with Crippen molar-refractivity contribution in [3.8, 4) is 0 Å². The smallest absolute Gasteiger partial charge is 0.221 e. The highest BCUT2D eigenvalue weighted by Gasteiger charge is 2.23. The van der Waals surface area contributed by atoms with Crippen molar-refractivity contribution in [2.75, 3.05) is 6.54 Å². The van der Waals surface area contributed by atoms with Gasteiger partial charge in [-0.3, -0.25) is 4.79 Å². The summed E-state index contributed by atoms with van der Waals surface area (Å²) in [5, 5.41) is 6.58. The van der Waals surface area contributed by atoms with Gasteiger partial charge in [0, 0.05) is 18.5 Å². The number of hydrogen-bond acceptors (Lipinski definition) is 2. The Balaban J connectivity index is 0.00000162. The molecule has 2 aliphatic rings. The van der Waals surface area contributed by atoms with E-state index in [4.69, 9.17) is 0 Å². The lowest BCUT2D eigenvalue weighted by molar-refractivity contribution is -0.122. The van der Waals surface area contributed by atoms with Gasteiger partial charge < -0.3 is 10.6 Å². The first-order chi connectivity index (χ1) is 8.25. The van der Waals surface area contributed by atoms with Crippen LogP contribution in [0.3, 0.4) is 0 Å². The summed E-state index contributed by atoms with van der Waals surface area (Å²) in [7, 11) is 0. The zero-order chi connectivity index (χ0) is 12.1. The number of rotatable bonds is 4. The van der Waals surface area contributed by atoms with Crippen molar-refractivity contribution in [3.05, 3.63) is 0 Å². The lowest BCUT2D eigenvalue weighted by Crippen LogP contribution is -2.41. The van der Waals surface area contributed by atoms with E-state index in [0.29, 0.717) is 24.4 Å². The molecule has 18 heavy (non-hydrogen) atoms. The van der Waals surface area contributed by atoms with Gasteiger partial charge in [-0.15, -0.1) is 12.4 Å². The number of halogens is 1. The number of amides is 1. The fourth-order valence-corrected chi connectivity index (χ4v) is 3.22. The number of hydrogen-bond donors (Lipinski definition) is 2. The lowest BCUT2D eigenvalue weighted by atomic mass is 9.84. The predicted molar refractivity (Wildman–Crippen MR) is 77.1 cm³/mol. The third-order valence-electron chi connectivity index (χ3n) is 4.34. The maximum Gasteiger partial charge on any atom is 0.221 e. The fraction of sp³-hybridized carbons (Fsp3) is 0.929. The van der Waals surface area contributed by atoms with Crippen molar-refractivity contribution in [3.63, 3.8) is 0 Å². The molecule has 0 radical (unpaired) electrons. The molecule has 1 aliphatic carbocycles. The van der Waals surface area contributed by atoms with Crippen molar-refractivity contribution in [1.29, 1.82) is 0 Å². The van der Waals surface area contributed by atoms with Gasteiger partial charge in [0.25, 0.3) is 0 Å². The average Bonchev–Trinajstić information content (AvgIpc) is 2.82. The molecular weight excluding hydrogens is 248 g/mol. The largest absolute Gasteiger partial charge is 0.353 e. The SMILES string of the molecule is CC(NC(=O)CC1CCCN1)C1CCCCC1.Cl. The van der Waals surface area contributed by atoms with Crippen molar-refractivity contribution >= 4 is 18.3 Å². The molecule has 1 saturated carbocycles. The molecule has 1 amide bonds. The topological polar surface area (TPSA) is 41.1 Å². The summed E-state index contributed by atoms with van der Waals surface area (Å²) in [6.07, 6.45) is 9.69. The van der Waals surface area contributed by atoms with E-state index >= 15 is 0 Å². The number of carbonyl (C=O) groups is 1. The van der Waals surface area contributed by atoms with Gasteiger partial charge in [-0.05, 0) is 45.1 Å². The van der Waals surface area contributed by atoms with Gasteiger partial charge in [0.05, 0.1) is 0 Å². The Morgan fingerprint density at radius 2 is 1.94 bits per heavy atom. The van der Waals surface area contributed by atoms with Crippen LogP contribution in [0.4, 0.5) is 0 Å². The minimum Gasteiger partial charge on any atom is -0.353 e. The molecule has 106 valence electrons. The Kier molecular flexibility index (Phi) is 7.02. The molecule has 2 atom stereocenters. The van der Waals surface area contributed by atoms with E-state index in [1.165, 1.54) is 38.5 Å². The average molecular weight is 275 g/mol. The molecule has 1 heterocycles. The predicted octanol–water partition coefficient (Wildman–Crippen LogP) is 2.64. The second-order valence-electron chi connectivity index (χ2n) is 5.75. The molecule has 2 N–H and O–H groups in total. The van der Waals surface area contributed by atoms with E-state index in [0.717, 1.165) is 13.0 Å². The third-order valence-corrected chi connectivity index (χ3v) is 4.34. The summed E-state index contributed by atoms with van der Waals surface area (Å²) < 4.78 is 0. The summed E-state index contributed by atoms with van der Waals surface area (Å²) in [6, 6.07) is 0.790. The number of carbonyl (C=O) groups excluding carboxylic acids is 1. The van der Waals surface area contributed by atoms with E-state index in [1.54, 1.807) is 0 Å². The van der Waals surface area contributed by atoms with Gasteiger partial charge in [-0.2, -0.15) is 0 Å². The Morgan fingerprint density at radius 3 is 2.56 bits per heavy atom. The van der Waals surface area contributed by atoms with Gasteiger partial charge >= 0.3 is 0 Å². The summed E-state index contributed by atoms with van der Waals surface area (Å²) in [4.78, 5) is 11.9. The van der Waals surface area contributed by atoms with Gasteiger partial charge in [-0.25, -0.2) is 0 Å². The van der Waals surface area contributed by atoms with Crippen LogP contribution in [0.15, 0.2) is 0 Å². The quantitative estimate of drug-likeness (QED) is 0.828. The van der Waals surface area contributed by atoms with Gasteiger partial charge in [0.2, 0.25) is 5.91 Å². The van der Waals surface area contributed by atoms with Crippen LogP contribution in [0, 0.1) is 5.92 Å². The van der Waals surface area contributed by atoms with Gasteiger partial charge in [-0.1, -0.05) is 19.3 Å². The summed E-state index contributed by atoms with van der Waals surface area (Å²) in [6.45, 7) is 3.26.